The Hall–Kier alpha value is -0.970. The van der Waals surface area contributed by atoms with Gasteiger partial charge < -0.3 is 5.73 Å². The number of nitrogens with zero attached hydrogens (tertiary/aromatic N) is 1. The van der Waals surface area contributed by atoms with E-state index in [0.29, 0.717) is 5.96 Å². The van der Waals surface area contributed by atoms with Crippen LogP contribution in [-0.2, 0) is 0 Å². The maximum Gasteiger partial charge on any atom is 0.225 e. The highest BCUT2D eigenvalue weighted by Gasteiger charge is 2.35. The van der Waals surface area contributed by atoms with Crippen LogP contribution in [0.4, 0.5) is 0 Å². The van der Waals surface area contributed by atoms with Gasteiger partial charge in [-0.2, -0.15) is 0 Å². The van der Waals surface area contributed by atoms with E-state index in [1.54, 1.807) is 0 Å². The molecule has 0 atom stereocenters. The van der Waals surface area contributed by atoms with E-state index in [1.807, 2.05) is 0 Å². The van der Waals surface area contributed by atoms with Crippen molar-refractivity contribution in [2.75, 3.05) is 0 Å². The van der Waals surface area contributed by atoms with Crippen molar-refractivity contribution in [1.82, 2.24) is 16.3 Å². The molecule has 2 aliphatic rings. The maximum absolute atomic E-state index is 5.40. The van der Waals surface area contributed by atoms with Crippen molar-refractivity contribution in [3.05, 3.63) is 0 Å². The molecule has 0 radical (unpaired) electrons. The number of nitrogens with two attached hydrogens (primary N) is 1. The molecule has 0 amide bonds. The molecule has 5 nitrogen and oxygen atoms in total. The van der Waals surface area contributed by atoms with E-state index < -0.39 is 0 Å². The Kier molecular flexibility index (Phi) is 1.38. The fourth-order valence-corrected chi connectivity index (χ4v) is 1.62. The highest BCUT2D eigenvalue weighted by atomic mass is 15.6. The molecule has 0 saturated heterocycles. The smallest absolute Gasteiger partial charge is 0.225 e. The van der Waals surface area contributed by atoms with Crippen LogP contribution in [0.15, 0.2) is 5.10 Å². The van der Waals surface area contributed by atoms with Crippen LogP contribution in [-0.4, -0.2) is 11.6 Å². The molecule has 0 aromatic rings. The highest BCUT2D eigenvalue weighted by Crippen LogP contribution is 2.27. The van der Waals surface area contributed by atoms with E-state index in [9.17, 15) is 0 Å². The van der Waals surface area contributed by atoms with Gasteiger partial charge in [0.1, 0.15) is 5.66 Å². The first-order valence-electron chi connectivity index (χ1n) is 3.94. The Morgan fingerprint density at radius 3 is 2.64 bits per heavy atom. The zero-order valence-corrected chi connectivity index (χ0v) is 6.35. The first kappa shape index (κ1) is 6.72. The summed E-state index contributed by atoms with van der Waals surface area (Å²) in [4.78, 5) is 0. The summed E-state index contributed by atoms with van der Waals surface area (Å²) < 4.78 is 0. The second-order valence-electron chi connectivity index (χ2n) is 3.15. The molecule has 5 heteroatoms. The van der Waals surface area contributed by atoms with E-state index in [4.69, 9.17) is 5.73 Å². The number of hydrazone groups is 1. The Bertz CT molecular complexity index is 181. The number of hydrazine groups is 1. The Labute approximate surface area is 65.4 Å². The molecule has 62 valence electrons. The quantitative estimate of drug-likeness (QED) is 0.369. The van der Waals surface area contributed by atoms with Crippen LogP contribution in [0.25, 0.3) is 0 Å². The molecule has 5 N–H and O–H groups in total. The summed E-state index contributed by atoms with van der Waals surface area (Å²) in [6, 6.07) is 0. The fourth-order valence-electron chi connectivity index (χ4n) is 1.62. The molecule has 1 spiro atoms. The highest BCUT2D eigenvalue weighted by molar-refractivity contribution is 5.77. The summed E-state index contributed by atoms with van der Waals surface area (Å²) >= 11 is 0. The lowest BCUT2D eigenvalue weighted by Gasteiger charge is -2.33. The normalized spacial score (nSPS) is 27.5. The molecule has 1 fully saturated rings. The average Bonchev–Trinajstić information content (AvgIpc) is 2.45. The minimum atomic E-state index is -0.0249. The third-order valence-electron chi connectivity index (χ3n) is 2.28. The lowest BCUT2D eigenvalue weighted by Crippen LogP contribution is -2.65. The molecule has 11 heavy (non-hydrogen) atoms. The molecule has 0 unspecified atom stereocenters. The zero-order chi connectivity index (χ0) is 7.73. The number of nitrogens with one attached hydrogen (secondary N) is 3. The topological polar surface area (TPSA) is 74.5 Å². The van der Waals surface area contributed by atoms with E-state index in [-0.39, 0.29) is 5.66 Å². The molecule has 2 rings (SSSR count). The van der Waals surface area contributed by atoms with E-state index >= 15 is 0 Å². The van der Waals surface area contributed by atoms with Gasteiger partial charge in [-0.25, -0.2) is 5.43 Å². The van der Waals surface area contributed by atoms with Crippen LogP contribution in [0, 0.1) is 0 Å². The summed E-state index contributed by atoms with van der Waals surface area (Å²) in [6.07, 6.45) is 4.71. The summed E-state index contributed by atoms with van der Waals surface area (Å²) in [5.74, 6) is 0.405. The van der Waals surface area contributed by atoms with Gasteiger partial charge in [0.2, 0.25) is 5.96 Å². The third-order valence-corrected chi connectivity index (χ3v) is 2.28. The number of hydrogen-bond acceptors (Lipinski definition) is 5. The Morgan fingerprint density at radius 1 is 1.36 bits per heavy atom. The molecule has 0 aromatic heterocycles. The van der Waals surface area contributed by atoms with Crippen molar-refractivity contribution in [3.63, 3.8) is 0 Å². The van der Waals surface area contributed by atoms with E-state index in [1.165, 1.54) is 12.8 Å². The van der Waals surface area contributed by atoms with Gasteiger partial charge >= 0.3 is 0 Å². The standard InChI is InChI=1S/C6H13N5/c7-5-8-10-6(11-9-5)3-1-2-4-6/h10-11H,1-4H2,(H3,7,8,9). The first-order chi connectivity index (χ1) is 5.31. The van der Waals surface area contributed by atoms with Gasteiger partial charge in [-0.3, -0.25) is 10.9 Å². The average molecular weight is 155 g/mol. The van der Waals surface area contributed by atoms with Gasteiger partial charge in [-0.1, -0.05) is 0 Å². The molecule has 0 aromatic carbocycles. The lowest BCUT2D eigenvalue weighted by atomic mass is 10.1. The molecule has 1 aliphatic heterocycles. The van der Waals surface area contributed by atoms with Gasteiger partial charge in [0.25, 0.3) is 0 Å². The van der Waals surface area contributed by atoms with Crippen LogP contribution < -0.4 is 22.0 Å². The fraction of sp³-hybridized carbons (Fsp3) is 0.833. The SMILES string of the molecule is NC1=NNC2(CCCC2)NN1. The molecule has 1 heterocycles. The van der Waals surface area contributed by atoms with Crippen molar-refractivity contribution in [1.29, 1.82) is 0 Å². The summed E-state index contributed by atoms with van der Waals surface area (Å²) in [5, 5.41) is 3.94. The monoisotopic (exact) mass is 155 g/mol. The number of hydrogen-bond donors (Lipinski definition) is 4. The van der Waals surface area contributed by atoms with Crippen LogP contribution in [0.2, 0.25) is 0 Å². The predicted octanol–water partition coefficient (Wildman–Crippen LogP) is -0.816. The van der Waals surface area contributed by atoms with Crippen molar-refractivity contribution >= 4 is 5.96 Å². The van der Waals surface area contributed by atoms with Crippen LogP contribution in [0.1, 0.15) is 25.7 Å². The van der Waals surface area contributed by atoms with Crippen molar-refractivity contribution < 1.29 is 0 Å². The zero-order valence-electron chi connectivity index (χ0n) is 6.35. The predicted molar refractivity (Wildman–Crippen MR) is 42.2 cm³/mol. The van der Waals surface area contributed by atoms with Crippen LogP contribution in [0.5, 0.6) is 0 Å². The van der Waals surface area contributed by atoms with Gasteiger partial charge in [0.05, 0.1) is 0 Å². The molecule has 0 bridgehead atoms. The first-order valence-corrected chi connectivity index (χ1v) is 3.94. The molecular weight excluding hydrogens is 142 g/mol. The van der Waals surface area contributed by atoms with E-state index in [0.717, 1.165) is 12.8 Å². The van der Waals surface area contributed by atoms with Gasteiger partial charge in [0, 0.05) is 0 Å². The van der Waals surface area contributed by atoms with E-state index in [2.05, 4.69) is 21.4 Å². The summed E-state index contributed by atoms with van der Waals surface area (Å²) in [6.45, 7) is 0. The second kappa shape index (κ2) is 2.27. The molecular formula is C6H13N5. The largest absolute Gasteiger partial charge is 0.367 e. The Balaban J connectivity index is 2.06. The Morgan fingerprint density at radius 2 is 2.09 bits per heavy atom. The lowest BCUT2D eigenvalue weighted by molar-refractivity contribution is 0.235. The van der Waals surface area contributed by atoms with Gasteiger partial charge in [-0.05, 0) is 25.7 Å². The minimum Gasteiger partial charge on any atom is -0.367 e. The second-order valence-corrected chi connectivity index (χ2v) is 3.15. The number of rotatable bonds is 0. The van der Waals surface area contributed by atoms with Crippen molar-refractivity contribution in [2.24, 2.45) is 10.8 Å². The maximum atomic E-state index is 5.40. The van der Waals surface area contributed by atoms with Gasteiger partial charge in [-0.15, -0.1) is 5.10 Å². The summed E-state index contributed by atoms with van der Waals surface area (Å²) in [7, 11) is 0. The minimum absolute atomic E-state index is 0.0249. The van der Waals surface area contributed by atoms with Crippen molar-refractivity contribution in [2.45, 2.75) is 31.3 Å². The summed E-state index contributed by atoms with van der Waals surface area (Å²) in [5.41, 5.74) is 14.4. The van der Waals surface area contributed by atoms with Crippen LogP contribution >= 0.6 is 0 Å². The number of guanidine groups is 1. The molecule has 1 aliphatic carbocycles. The molecule has 1 saturated carbocycles. The van der Waals surface area contributed by atoms with Crippen LogP contribution in [0.3, 0.4) is 0 Å². The van der Waals surface area contributed by atoms with Crippen molar-refractivity contribution in [3.8, 4) is 0 Å². The third kappa shape index (κ3) is 1.11. The van der Waals surface area contributed by atoms with Gasteiger partial charge in [0.15, 0.2) is 0 Å².